The van der Waals surface area contributed by atoms with Crippen LogP contribution in [0.25, 0.3) is 0 Å². The zero-order valence-corrected chi connectivity index (χ0v) is 19.3. The van der Waals surface area contributed by atoms with Crippen molar-refractivity contribution in [3.63, 3.8) is 0 Å². The first-order chi connectivity index (χ1) is 16.6. The van der Waals surface area contributed by atoms with E-state index in [1.165, 1.54) is 7.11 Å². The van der Waals surface area contributed by atoms with Crippen LogP contribution in [0.4, 0.5) is 11.6 Å². The molecular weight excluding hydrogens is 432 g/mol. The molecule has 1 fully saturated rings. The van der Waals surface area contributed by atoms with E-state index in [1.54, 1.807) is 43.8 Å². The van der Waals surface area contributed by atoms with Crippen LogP contribution in [0.15, 0.2) is 59.9 Å². The fourth-order valence-electron chi connectivity index (χ4n) is 4.10. The summed E-state index contributed by atoms with van der Waals surface area (Å²) < 4.78 is 10.2. The summed E-state index contributed by atoms with van der Waals surface area (Å²) in [6.45, 7) is 1.59. The molecule has 1 aromatic carbocycles. The van der Waals surface area contributed by atoms with Crippen molar-refractivity contribution in [3.05, 3.63) is 71.8 Å². The Bertz CT molecular complexity index is 1170. The molecule has 3 heterocycles. The number of aromatic nitrogens is 3. The van der Waals surface area contributed by atoms with Gasteiger partial charge in [0.25, 0.3) is 0 Å². The summed E-state index contributed by atoms with van der Waals surface area (Å²) in [6, 6.07) is 12.9. The third-order valence-corrected chi connectivity index (χ3v) is 5.75. The fourth-order valence-corrected chi connectivity index (χ4v) is 4.10. The smallest absolute Gasteiger partial charge is 0.337 e. The summed E-state index contributed by atoms with van der Waals surface area (Å²) in [5.41, 5.74) is 1.89. The van der Waals surface area contributed by atoms with Crippen LogP contribution in [0.5, 0.6) is 0 Å². The minimum absolute atomic E-state index is 0.208. The Morgan fingerprint density at radius 1 is 1.24 bits per heavy atom. The highest BCUT2D eigenvalue weighted by molar-refractivity contribution is 6.16. The highest BCUT2D eigenvalue weighted by Crippen LogP contribution is 2.26. The number of H-pyrrole nitrogens is 1. The van der Waals surface area contributed by atoms with E-state index in [-0.39, 0.29) is 6.42 Å². The van der Waals surface area contributed by atoms with Crippen LogP contribution >= 0.6 is 0 Å². The maximum Gasteiger partial charge on any atom is 0.337 e. The molecule has 1 aliphatic heterocycles. The van der Waals surface area contributed by atoms with E-state index < -0.39 is 5.97 Å². The number of esters is 1. The number of aliphatic imine (C=N–C) groups is 1. The molecule has 0 aliphatic carbocycles. The van der Waals surface area contributed by atoms with E-state index in [9.17, 15) is 4.79 Å². The summed E-state index contributed by atoms with van der Waals surface area (Å²) >= 11 is 0. The first-order valence-electron chi connectivity index (χ1n) is 11.1. The number of carbonyl (C=O) groups is 1. The van der Waals surface area contributed by atoms with Gasteiger partial charge in [0.05, 0.1) is 31.0 Å². The van der Waals surface area contributed by atoms with Crippen molar-refractivity contribution in [1.29, 1.82) is 5.41 Å². The molecule has 2 N–H and O–H groups in total. The van der Waals surface area contributed by atoms with Crippen LogP contribution in [-0.2, 0) is 9.47 Å². The molecule has 9 heteroatoms. The van der Waals surface area contributed by atoms with Gasteiger partial charge in [-0.05, 0) is 42.7 Å². The number of pyridine rings is 1. The van der Waals surface area contributed by atoms with E-state index in [2.05, 4.69) is 14.9 Å². The van der Waals surface area contributed by atoms with Gasteiger partial charge in [-0.15, -0.1) is 0 Å². The van der Waals surface area contributed by atoms with E-state index in [4.69, 9.17) is 24.9 Å². The zero-order valence-electron chi connectivity index (χ0n) is 19.3. The molecule has 0 bridgehead atoms. The van der Waals surface area contributed by atoms with Gasteiger partial charge in [0.2, 0.25) is 0 Å². The number of methoxy groups -OCH3 is 2. The Hall–Kier alpha value is -3.85. The molecule has 1 unspecified atom stereocenters. The number of rotatable bonds is 9. The monoisotopic (exact) mass is 460 g/mol. The summed E-state index contributed by atoms with van der Waals surface area (Å²) in [5, 5.41) is 8.66. The Labute approximate surface area is 198 Å². The van der Waals surface area contributed by atoms with Crippen LogP contribution in [0.3, 0.4) is 0 Å². The Balaban J connectivity index is 1.61. The van der Waals surface area contributed by atoms with Gasteiger partial charge >= 0.3 is 5.97 Å². The molecule has 2 aromatic heterocycles. The number of ether oxygens (including phenoxy) is 2. The number of nitrogens with one attached hydrogen (secondary N) is 2. The van der Waals surface area contributed by atoms with Gasteiger partial charge in [0, 0.05) is 38.2 Å². The second-order valence-electron chi connectivity index (χ2n) is 8.02. The lowest BCUT2D eigenvalue weighted by Crippen LogP contribution is -2.33. The van der Waals surface area contributed by atoms with Crippen molar-refractivity contribution < 1.29 is 14.3 Å². The lowest BCUT2D eigenvalue weighted by Gasteiger charge is -2.25. The normalized spacial score (nSPS) is 16.0. The van der Waals surface area contributed by atoms with Gasteiger partial charge in [-0.3, -0.25) is 0 Å². The molecule has 34 heavy (non-hydrogen) atoms. The number of hydrogen-bond acceptors (Lipinski definition) is 8. The molecule has 3 aromatic rings. The predicted octanol–water partition coefficient (Wildman–Crippen LogP) is 3.79. The number of hydrogen-bond donors (Lipinski definition) is 2. The van der Waals surface area contributed by atoms with Gasteiger partial charge in [-0.2, -0.15) is 0 Å². The quantitative estimate of drug-likeness (QED) is 0.371. The molecule has 0 spiro atoms. The van der Waals surface area contributed by atoms with Crippen molar-refractivity contribution in [2.24, 2.45) is 4.99 Å². The van der Waals surface area contributed by atoms with E-state index in [0.29, 0.717) is 46.8 Å². The third kappa shape index (κ3) is 5.37. The molecule has 1 atom stereocenters. The topological polar surface area (TPSA) is 117 Å². The minimum atomic E-state index is -0.440. The number of imidazole rings is 1. The van der Waals surface area contributed by atoms with Crippen molar-refractivity contribution in [2.45, 2.75) is 25.3 Å². The highest BCUT2D eigenvalue weighted by Gasteiger charge is 2.25. The maximum absolute atomic E-state index is 11.9. The lowest BCUT2D eigenvalue weighted by atomic mass is 10.0. The van der Waals surface area contributed by atoms with Gasteiger partial charge in [-0.25, -0.2) is 19.8 Å². The average molecular weight is 461 g/mol. The summed E-state index contributed by atoms with van der Waals surface area (Å²) in [5.74, 6) is 1.53. The highest BCUT2D eigenvalue weighted by atomic mass is 16.5. The molecule has 4 rings (SSSR count). The van der Waals surface area contributed by atoms with Gasteiger partial charge in [0.15, 0.2) is 11.6 Å². The summed E-state index contributed by atoms with van der Waals surface area (Å²) in [7, 11) is 3.05. The number of nitrogens with zero attached hydrogens (tertiary/aromatic N) is 4. The molecule has 0 radical (unpaired) electrons. The van der Waals surface area contributed by atoms with Crippen LogP contribution in [0.1, 0.15) is 41.0 Å². The maximum atomic E-state index is 11.9. The zero-order chi connectivity index (χ0) is 23.9. The van der Waals surface area contributed by atoms with Crippen molar-refractivity contribution in [2.75, 3.05) is 32.3 Å². The largest absolute Gasteiger partial charge is 0.465 e. The molecule has 0 amide bonds. The Morgan fingerprint density at radius 2 is 2.06 bits per heavy atom. The summed E-state index contributed by atoms with van der Waals surface area (Å²) in [6.07, 6.45) is 5.75. The van der Waals surface area contributed by atoms with Gasteiger partial charge < -0.3 is 24.8 Å². The number of anilines is 1. The number of aromatic amines is 1. The molecular formula is C25H28N6O3. The van der Waals surface area contributed by atoms with Crippen LogP contribution in [0.2, 0.25) is 0 Å². The number of benzene rings is 1. The summed E-state index contributed by atoms with van der Waals surface area (Å²) in [4.78, 5) is 31.1. The van der Waals surface area contributed by atoms with Crippen molar-refractivity contribution in [3.8, 4) is 0 Å². The lowest BCUT2D eigenvalue weighted by molar-refractivity contribution is 0.0600. The van der Waals surface area contributed by atoms with E-state index in [0.717, 1.165) is 25.2 Å². The number of carbonyl (C=O) groups excluding carboxylic acids is 1. The molecule has 176 valence electrons. The van der Waals surface area contributed by atoms with E-state index in [1.807, 2.05) is 18.2 Å². The van der Waals surface area contributed by atoms with Crippen molar-refractivity contribution in [1.82, 2.24) is 15.0 Å². The van der Waals surface area contributed by atoms with Crippen LogP contribution in [-0.4, -0.2) is 65.8 Å². The second kappa shape index (κ2) is 10.8. The van der Waals surface area contributed by atoms with Crippen LogP contribution in [0, 0.1) is 5.41 Å². The average Bonchev–Trinajstić information content (AvgIpc) is 3.56. The molecule has 1 saturated heterocycles. The second-order valence-corrected chi connectivity index (χ2v) is 8.02. The first-order valence-corrected chi connectivity index (χ1v) is 11.1. The van der Waals surface area contributed by atoms with Crippen LogP contribution < -0.4 is 4.90 Å². The van der Waals surface area contributed by atoms with Gasteiger partial charge in [0.1, 0.15) is 5.82 Å². The minimum Gasteiger partial charge on any atom is -0.465 e. The molecule has 9 nitrogen and oxygen atoms in total. The SMILES string of the molecule is COCC1CCCN1c1cccc(N=C(CC(=N)c2cccc(C(=O)OC)c2)c2ncc[nH]2)n1. The molecule has 0 saturated carbocycles. The van der Waals surface area contributed by atoms with Gasteiger partial charge in [-0.1, -0.05) is 18.2 Å². The standard InChI is InChI=1S/C25H28N6O3/c1-33-16-19-8-5-13-31(19)23-10-4-9-22(30-23)29-21(24-27-11-12-28-24)15-20(26)17-6-3-7-18(14-17)25(32)34-2/h3-4,6-7,9-12,14,19,26H,5,8,13,15-16H2,1-2H3,(H,27,28). The van der Waals surface area contributed by atoms with E-state index >= 15 is 0 Å². The first kappa shape index (κ1) is 23.3. The van der Waals surface area contributed by atoms with Crippen molar-refractivity contribution >= 4 is 29.0 Å². The Morgan fingerprint density at radius 3 is 2.82 bits per heavy atom. The predicted molar refractivity (Wildman–Crippen MR) is 130 cm³/mol. The Kier molecular flexibility index (Phi) is 7.44. The third-order valence-electron chi connectivity index (χ3n) is 5.75. The molecule has 1 aliphatic rings. The fraction of sp³-hybridized carbons (Fsp3) is 0.320.